The topological polar surface area (TPSA) is 76.1 Å². The maximum Gasteiger partial charge on any atom is 0.300 e. The Bertz CT molecular complexity index is 1290. The average Bonchev–Trinajstić information content (AvgIpc) is 3.10. The molecule has 1 atom stereocenters. The summed E-state index contributed by atoms with van der Waals surface area (Å²) >= 11 is 12.3. The molecule has 1 heterocycles. The maximum absolute atomic E-state index is 13.2. The zero-order valence-electron chi connectivity index (χ0n) is 18.4. The SMILES string of the molecule is CCOc1cccc(C2/C(=C(\O)c3ccc(OC)c(Cl)c3)C(=O)C(=O)N2c2ccc(Cl)cc2)c1. The fraction of sp³-hybridized carbons (Fsp3) is 0.154. The second-order valence-electron chi connectivity index (χ2n) is 7.50. The Morgan fingerprint density at radius 3 is 2.41 bits per heavy atom. The molecule has 1 saturated heterocycles. The Morgan fingerprint density at radius 1 is 1.03 bits per heavy atom. The molecule has 0 aliphatic carbocycles. The van der Waals surface area contributed by atoms with Gasteiger partial charge in [0, 0.05) is 16.3 Å². The zero-order chi connectivity index (χ0) is 24.4. The Balaban J connectivity index is 1.93. The highest BCUT2D eigenvalue weighted by Crippen LogP contribution is 2.43. The minimum absolute atomic E-state index is 0.0603. The lowest BCUT2D eigenvalue weighted by Crippen LogP contribution is -2.29. The summed E-state index contributed by atoms with van der Waals surface area (Å²) in [6.07, 6.45) is 0. The summed E-state index contributed by atoms with van der Waals surface area (Å²) < 4.78 is 10.8. The van der Waals surface area contributed by atoms with Crippen LogP contribution in [0.4, 0.5) is 5.69 Å². The smallest absolute Gasteiger partial charge is 0.300 e. The van der Waals surface area contributed by atoms with Crippen molar-refractivity contribution in [3.63, 3.8) is 0 Å². The van der Waals surface area contributed by atoms with Gasteiger partial charge in [0.2, 0.25) is 0 Å². The number of methoxy groups -OCH3 is 1. The molecule has 6 nitrogen and oxygen atoms in total. The molecular formula is C26H21Cl2NO5. The Kier molecular flexibility index (Phi) is 6.82. The third-order valence-corrected chi connectivity index (χ3v) is 6.01. The van der Waals surface area contributed by atoms with Crippen LogP contribution in [0.25, 0.3) is 5.76 Å². The van der Waals surface area contributed by atoms with E-state index in [9.17, 15) is 14.7 Å². The van der Waals surface area contributed by atoms with Gasteiger partial charge in [-0.25, -0.2) is 0 Å². The first-order valence-electron chi connectivity index (χ1n) is 10.5. The van der Waals surface area contributed by atoms with E-state index in [4.69, 9.17) is 32.7 Å². The molecule has 0 saturated carbocycles. The number of Topliss-reactive ketones (excluding diaryl/α,β-unsaturated/α-hetero) is 1. The van der Waals surface area contributed by atoms with Crippen molar-refractivity contribution in [2.24, 2.45) is 0 Å². The van der Waals surface area contributed by atoms with E-state index in [1.165, 1.54) is 18.1 Å². The molecule has 34 heavy (non-hydrogen) atoms. The quantitative estimate of drug-likeness (QED) is 0.255. The average molecular weight is 498 g/mol. The van der Waals surface area contributed by atoms with E-state index >= 15 is 0 Å². The van der Waals surface area contributed by atoms with Crippen LogP contribution in [-0.2, 0) is 9.59 Å². The molecule has 1 N–H and O–H groups in total. The van der Waals surface area contributed by atoms with Crippen LogP contribution in [0.5, 0.6) is 11.5 Å². The van der Waals surface area contributed by atoms with Crippen molar-refractivity contribution in [1.29, 1.82) is 0 Å². The highest BCUT2D eigenvalue weighted by molar-refractivity contribution is 6.51. The number of nitrogens with zero attached hydrogens (tertiary/aromatic N) is 1. The van der Waals surface area contributed by atoms with E-state index in [1.54, 1.807) is 60.7 Å². The summed E-state index contributed by atoms with van der Waals surface area (Å²) in [6.45, 7) is 2.31. The van der Waals surface area contributed by atoms with Crippen molar-refractivity contribution in [2.75, 3.05) is 18.6 Å². The van der Waals surface area contributed by atoms with E-state index < -0.39 is 17.7 Å². The fourth-order valence-electron chi connectivity index (χ4n) is 3.93. The summed E-state index contributed by atoms with van der Waals surface area (Å²) in [6, 6.07) is 17.4. The van der Waals surface area contributed by atoms with Gasteiger partial charge in [-0.15, -0.1) is 0 Å². The normalized spacial score (nSPS) is 17.2. The maximum atomic E-state index is 13.2. The molecule has 0 bridgehead atoms. The minimum atomic E-state index is -0.901. The van der Waals surface area contributed by atoms with Crippen molar-refractivity contribution in [1.82, 2.24) is 0 Å². The van der Waals surface area contributed by atoms with Gasteiger partial charge in [0.15, 0.2) is 0 Å². The first-order valence-corrected chi connectivity index (χ1v) is 11.2. The van der Waals surface area contributed by atoms with E-state index in [0.29, 0.717) is 34.4 Å². The molecule has 0 radical (unpaired) electrons. The Hall–Kier alpha value is -3.48. The number of carbonyl (C=O) groups excluding carboxylic acids is 2. The van der Waals surface area contributed by atoms with Gasteiger partial charge in [-0.2, -0.15) is 0 Å². The van der Waals surface area contributed by atoms with Gasteiger partial charge >= 0.3 is 0 Å². The van der Waals surface area contributed by atoms with Gasteiger partial charge in [-0.05, 0) is 67.1 Å². The summed E-state index contributed by atoms with van der Waals surface area (Å²) in [5.41, 5.74) is 1.28. The van der Waals surface area contributed by atoms with Crippen molar-refractivity contribution in [3.05, 3.63) is 93.5 Å². The highest BCUT2D eigenvalue weighted by Gasteiger charge is 2.47. The zero-order valence-corrected chi connectivity index (χ0v) is 19.9. The monoisotopic (exact) mass is 497 g/mol. The standard InChI is InChI=1S/C26H21Cl2NO5/c1-3-34-19-6-4-5-15(13-19)23-22(24(30)16-7-12-21(33-2)20(28)14-16)25(31)26(32)29(23)18-10-8-17(27)9-11-18/h4-14,23,30H,3H2,1-2H3/b24-22+. The molecule has 3 aromatic rings. The van der Waals surface area contributed by atoms with E-state index in [1.807, 2.05) is 6.92 Å². The molecule has 1 fully saturated rings. The number of rotatable bonds is 6. The predicted octanol–water partition coefficient (Wildman–Crippen LogP) is 6.03. The van der Waals surface area contributed by atoms with Crippen LogP contribution in [0.15, 0.2) is 72.3 Å². The van der Waals surface area contributed by atoms with Crippen molar-refractivity contribution in [2.45, 2.75) is 13.0 Å². The van der Waals surface area contributed by atoms with Crippen LogP contribution in [0.1, 0.15) is 24.1 Å². The molecule has 1 aliphatic heterocycles. The van der Waals surface area contributed by atoms with Gasteiger partial charge in [0.1, 0.15) is 17.3 Å². The fourth-order valence-corrected chi connectivity index (χ4v) is 4.31. The predicted molar refractivity (Wildman–Crippen MR) is 132 cm³/mol. The van der Waals surface area contributed by atoms with Gasteiger partial charge in [0.25, 0.3) is 11.7 Å². The summed E-state index contributed by atoms with van der Waals surface area (Å²) in [4.78, 5) is 27.8. The van der Waals surface area contributed by atoms with Crippen LogP contribution in [0, 0.1) is 0 Å². The molecule has 1 aliphatic rings. The third-order valence-electron chi connectivity index (χ3n) is 5.46. The van der Waals surface area contributed by atoms with Crippen LogP contribution in [0.2, 0.25) is 10.0 Å². The van der Waals surface area contributed by atoms with Crippen LogP contribution >= 0.6 is 23.2 Å². The van der Waals surface area contributed by atoms with Crippen molar-refractivity contribution < 1.29 is 24.2 Å². The number of aliphatic hydroxyl groups is 1. The molecule has 4 rings (SSSR count). The first-order chi connectivity index (χ1) is 16.3. The van der Waals surface area contributed by atoms with Crippen LogP contribution in [-0.4, -0.2) is 30.5 Å². The lowest BCUT2D eigenvalue weighted by Gasteiger charge is -2.26. The minimum Gasteiger partial charge on any atom is -0.507 e. The molecule has 3 aromatic carbocycles. The van der Waals surface area contributed by atoms with Gasteiger partial charge in [0.05, 0.1) is 30.4 Å². The number of halogens is 2. The van der Waals surface area contributed by atoms with E-state index in [0.717, 1.165) is 0 Å². The second kappa shape index (κ2) is 9.79. The molecule has 0 spiro atoms. The number of anilines is 1. The van der Waals surface area contributed by atoms with E-state index in [2.05, 4.69) is 0 Å². The summed E-state index contributed by atoms with van der Waals surface area (Å²) in [7, 11) is 1.48. The number of aliphatic hydroxyl groups excluding tert-OH is 1. The number of ether oxygens (including phenoxy) is 2. The molecular weight excluding hydrogens is 477 g/mol. The van der Waals surface area contributed by atoms with Crippen molar-refractivity contribution in [3.8, 4) is 11.5 Å². The molecule has 1 unspecified atom stereocenters. The number of hydrogen-bond donors (Lipinski definition) is 1. The molecule has 1 amide bonds. The first kappa shape index (κ1) is 23.7. The highest BCUT2D eigenvalue weighted by atomic mass is 35.5. The lowest BCUT2D eigenvalue weighted by atomic mass is 9.95. The molecule has 0 aromatic heterocycles. The molecule has 174 valence electrons. The number of amides is 1. The second-order valence-corrected chi connectivity index (χ2v) is 8.34. The van der Waals surface area contributed by atoms with E-state index in [-0.39, 0.29) is 21.9 Å². The van der Waals surface area contributed by atoms with Gasteiger partial charge in [-0.3, -0.25) is 14.5 Å². The number of hydrogen-bond acceptors (Lipinski definition) is 5. The Labute approximate surface area is 206 Å². The van der Waals surface area contributed by atoms with Crippen LogP contribution in [0.3, 0.4) is 0 Å². The lowest BCUT2D eigenvalue weighted by molar-refractivity contribution is -0.132. The summed E-state index contributed by atoms with van der Waals surface area (Å²) in [5, 5.41) is 12.0. The number of benzene rings is 3. The van der Waals surface area contributed by atoms with Crippen LogP contribution < -0.4 is 14.4 Å². The molecule has 8 heteroatoms. The largest absolute Gasteiger partial charge is 0.507 e. The third kappa shape index (κ3) is 4.34. The Morgan fingerprint density at radius 2 is 1.76 bits per heavy atom. The number of carbonyl (C=O) groups is 2. The van der Waals surface area contributed by atoms with Gasteiger partial charge < -0.3 is 14.6 Å². The van der Waals surface area contributed by atoms with Gasteiger partial charge in [-0.1, -0.05) is 35.3 Å². The number of ketones is 1. The van der Waals surface area contributed by atoms with Crippen molar-refractivity contribution >= 4 is 46.3 Å². The summed E-state index contributed by atoms with van der Waals surface area (Å²) in [5.74, 6) is -0.928.